The Morgan fingerprint density at radius 1 is 0.554 bits per heavy atom. The number of aromatic nitrogens is 11. The van der Waals surface area contributed by atoms with Gasteiger partial charge in [0, 0.05) is 131 Å². The van der Waals surface area contributed by atoms with Crippen LogP contribution >= 0.6 is 0 Å². The van der Waals surface area contributed by atoms with Crippen molar-refractivity contribution in [3.05, 3.63) is 120 Å². The Hall–Kier alpha value is -10.3. The van der Waals surface area contributed by atoms with Gasteiger partial charge in [0.1, 0.15) is 28.5 Å². The molecule has 0 fully saturated rings. The number of rotatable bonds is 24. The summed E-state index contributed by atoms with van der Waals surface area (Å²) in [4.78, 5) is 116. The number of carbonyl (C=O) groups excluding carboxylic acids is 8. The molecule has 8 rings (SSSR count). The molecule has 0 unspecified atom stereocenters. The van der Waals surface area contributed by atoms with Crippen molar-refractivity contribution >= 4 is 75.8 Å². The monoisotopic (exact) mass is 1140 g/mol. The first-order valence-electron chi connectivity index (χ1n) is 26.2. The lowest BCUT2D eigenvalue weighted by atomic mass is 10.2. The maximum absolute atomic E-state index is 13.5. The first kappa shape index (κ1) is 58.8. The van der Waals surface area contributed by atoms with Gasteiger partial charge in [-0.05, 0) is 63.8 Å². The molecule has 0 bridgehead atoms. The van der Waals surface area contributed by atoms with E-state index in [1.165, 1.54) is 33.7 Å². The van der Waals surface area contributed by atoms with Crippen LogP contribution in [0.25, 0.3) is 22.8 Å². The molecule has 29 nitrogen and oxygen atoms in total. The Kier molecular flexibility index (Phi) is 18.0. The number of carbonyl (C=O) groups is 8. The predicted octanol–water partition coefficient (Wildman–Crippen LogP) is 2.19. The highest BCUT2D eigenvalue weighted by atomic mass is 16.2. The van der Waals surface area contributed by atoms with Gasteiger partial charge in [0.2, 0.25) is 11.8 Å². The van der Waals surface area contributed by atoms with Gasteiger partial charge >= 0.3 is 0 Å². The van der Waals surface area contributed by atoms with E-state index < -0.39 is 41.5 Å². The molecule has 0 saturated heterocycles. The standard InChI is InChI=1S/C54H67N21O8/c1-68(2)16-10-13-56-45(76)12-15-58-51(80)41-19-36(28-71(41)5)64-54(83)47-65-38(29-74(47)8)46-66-44(30-75(46)9)67-53(82)43-21-35(27-73(43)7)62-49(78)37(55)11-14-57-50(79)40-17-31(24-69(40)3)39-18-33(25-70(39)4)63-52(81)42-20-34(26-72(42)6)61-48(77)32-22-59-60-23-32/h17-30,37H,10-16,55H2,1-9H3,(H,56,76)(H,57,79)(H,58,80)(H,59,60)(H,61,77)(H,62,78)(H,63,81)(H,64,83)(H,67,82)/t37-/m1/s1. The van der Waals surface area contributed by atoms with E-state index >= 15 is 0 Å². The van der Waals surface area contributed by atoms with Gasteiger partial charge in [-0.25, -0.2) is 9.97 Å². The Balaban J connectivity index is 0.785. The number of H-pyrrole nitrogens is 1. The molecule has 1 atom stereocenters. The highest BCUT2D eigenvalue weighted by Crippen LogP contribution is 2.28. The second-order valence-electron chi connectivity index (χ2n) is 20.2. The van der Waals surface area contributed by atoms with Crippen molar-refractivity contribution in [2.45, 2.75) is 25.3 Å². The van der Waals surface area contributed by atoms with Crippen LogP contribution in [-0.4, -0.2) is 151 Å². The van der Waals surface area contributed by atoms with Crippen LogP contribution in [0.15, 0.2) is 86.1 Å². The number of nitrogens with one attached hydrogen (secondary N) is 9. The number of hydrogen-bond acceptors (Lipinski definition) is 13. The molecule has 0 aromatic carbocycles. The van der Waals surface area contributed by atoms with E-state index in [0.717, 1.165) is 18.7 Å². The molecular weight excluding hydrogens is 1070 g/mol. The summed E-state index contributed by atoms with van der Waals surface area (Å²) in [6.07, 6.45) is 15.4. The number of amides is 8. The van der Waals surface area contributed by atoms with Crippen molar-refractivity contribution in [3.8, 4) is 22.8 Å². The second-order valence-corrected chi connectivity index (χ2v) is 20.2. The third kappa shape index (κ3) is 14.4. The van der Waals surface area contributed by atoms with Gasteiger partial charge < -0.3 is 85.1 Å². The minimum atomic E-state index is -1.02. The Morgan fingerprint density at radius 2 is 1.11 bits per heavy atom. The molecule has 29 heteroatoms. The smallest absolute Gasteiger partial charge is 0.291 e. The number of anilines is 5. The van der Waals surface area contributed by atoms with Gasteiger partial charge in [0.15, 0.2) is 17.5 Å². The number of nitrogens with two attached hydrogens (primary N) is 1. The van der Waals surface area contributed by atoms with Crippen molar-refractivity contribution < 1.29 is 38.4 Å². The summed E-state index contributed by atoms with van der Waals surface area (Å²) >= 11 is 0. The van der Waals surface area contributed by atoms with Crippen LogP contribution in [0.5, 0.6) is 0 Å². The lowest BCUT2D eigenvalue weighted by molar-refractivity contribution is -0.121. The molecule has 83 heavy (non-hydrogen) atoms. The predicted molar refractivity (Wildman–Crippen MR) is 309 cm³/mol. The third-order valence-electron chi connectivity index (χ3n) is 13.3. The van der Waals surface area contributed by atoms with Crippen LogP contribution in [0, 0.1) is 0 Å². The van der Waals surface area contributed by atoms with E-state index in [1.807, 2.05) is 30.6 Å². The molecule has 11 N–H and O–H groups in total. The average Bonchev–Trinajstić information content (AvgIpc) is 4.06. The Labute approximate surface area is 476 Å². The van der Waals surface area contributed by atoms with Crippen molar-refractivity contribution in [3.63, 3.8) is 0 Å². The second kappa shape index (κ2) is 25.4. The zero-order valence-corrected chi connectivity index (χ0v) is 47.4. The van der Waals surface area contributed by atoms with E-state index in [2.05, 4.69) is 62.7 Å². The van der Waals surface area contributed by atoms with Gasteiger partial charge in [-0.15, -0.1) is 0 Å². The molecule has 436 valence electrons. The maximum Gasteiger partial charge on any atom is 0.291 e. The van der Waals surface area contributed by atoms with Gasteiger partial charge in [-0.3, -0.25) is 43.5 Å². The molecule has 0 saturated carbocycles. The minimum Gasteiger partial charge on any atom is -0.356 e. The molecule has 8 aromatic heterocycles. The van der Waals surface area contributed by atoms with Gasteiger partial charge in [0.05, 0.1) is 46.2 Å². The summed E-state index contributed by atoms with van der Waals surface area (Å²) in [6, 6.07) is 7.03. The number of aryl methyl sites for hydroxylation is 7. The molecule has 0 aliphatic rings. The number of imidazole rings is 2. The molecular formula is C54H67N21O8. The fourth-order valence-corrected chi connectivity index (χ4v) is 9.01. The molecule has 0 radical (unpaired) electrons. The molecule has 0 aliphatic carbocycles. The summed E-state index contributed by atoms with van der Waals surface area (Å²) in [6.45, 7) is 1.61. The normalized spacial score (nSPS) is 11.6. The third-order valence-corrected chi connectivity index (χ3v) is 13.3. The van der Waals surface area contributed by atoms with Crippen molar-refractivity contribution in [1.82, 2.24) is 73.0 Å². The van der Waals surface area contributed by atoms with Crippen molar-refractivity contribution in [2.24, 2.45) is 55.1 Å². The van der Waals surface area contributed by atoms with Crippen LogP contribution in [0.3, 0.4) is 0 Å². The summed E-state index contributed by atoms with van der Waals surface area (Å²) in [5, 5.41) is 28.7. The molecule has 0 spiro atoms. The highest BCUT2D eigenvalue weighted by Gasteiger charge is 2.24. The Bertz CT molecular complexity index is 3730. The maximum atomic E-state index is 13.5. The van der Waals surface area contributed by atoms with Crippen LogP contribution in [0.1, 0.15) is 82.2 Å². The molecule has 0 aliphatic heterocycles. The fourth-order valence-electron chi connectivity index (χ4n) is 9.01. The van der Waals surface area contributed by atoms with Crippen LogP contribution < -0.4 is 48.3 Å². The van der Waals surface area contributed by atoms with Gasteiger partial charge in [0.25, 0.3) is 35.4 Å². The SMILES string of the molecule is CN(C)CCCNC(=O)CCNC(=O)c1cc(NC(=O)c2nc(-c3nc(NC(=O)c4cc(NC(=O)[C@H](N)CCNC(=O)c5cc(-c6cc(NC(=O)c7cc(NC(=O)c8cn[nH]c8)cn7C)cn6C)cn5C)cn4C)cn3C)cn2C)cn1C. The first-order valence-corrected chi connectivity index (χ1v) is 26.2. The number of aromatic amines is 1. The van der Waals surface area contributed by atoms with Crippen LogP contribution in [-0.2, 0) is 58.9 Å². The van der Waals surface area contributed by atoms with Crippen LogP contribution in [0.4, 0.5) is 28.6 Å². The topological polar surface area (TPSA) is 351 Å². The summed E-state index contributed by atoms with van der Waals surface area (Å²) in [5.74, 6) is -2.78. The van der Waals surface area contributed by atoms with E-state index in [0.29, 0.717) is 63.3 Å². The van der Waals surface area contributed by atoms with Gasteiger partial charge in [-0.2, -0.15) is 5.10 Å². The largest absolute Gasteiger partial charge is 0.356 e. The Morgan fingerprint density at radius 3 is 1.75 bits per heavy atom. The van der Waals surface area contributed by atoms with E-state index in [1.54, 1.807) is 122 Å². The minimum absolute atomic E-state index is 0.0489. The lowest BCUT2D eigenvalue weighted by Gasteiger charge is -2.12. The van der Waals surface area contributed by atoms with Crippen molar-refractivity contribution in [1.29, 1.82) is 0 Å². The van der Waals surface area contributed by atoms with E-state index in [-0.39, 0.29) is 60.8 Å². The summed E-state index contributed by atoms with van der Waals surface area (Å²) in [7, 11) is 15.8. The van der Waals surface area contributed by atoms with E-state index in [9.17, 15) is 38.4 Å². The van der Waals surface area contributed by atoms with Crippen LogP contribution in [0.2, 0.25) is 0 Å². The van der Waals surface area contributed by atoms with E-state index in [4.69, 9.17) is 5.73 Å². The highest BCUT2D eigenvalue weighted by molar-refractivity contribution is 6.08. The molecule has 8 heterocycles. The number of hydrogen-bond donors (Lipinski definition) is 10. The summed E-state index contributed by atoms with van der Waals surface area (Å²) in [5.41, 5.74) is 11.1. The lowest BCUT2D eigenvalue weighted by Crippen LogP contribution is -2.39. The first-order chi connectivity index (χ1) is 39.5. The summed E-state index contributed by atoms with van der Waals surface area (Å²) < 4.78 is 11.3. The molecule has 8 amide bonds. The zero-order chi connectivity index (χ0) is 59.8. The zero-order valence-electron chi connectivity index (χ0n) is 47.4. The van der Waals surface area contributed by atoms with Gasteiger partial charge in [-0.1, -0.05) is 0 Å². The fraction of sp³-hybridized carbons (Fsp3) is 0.315. The number of nitrogens with zero attached hydrogens (tertiary/aromatic N) is 11. The van der Waals surface area contributed by atoms with Crippen molar-refractivity contribution in [2.75, 3.05) is 66.9 Å². The average molecular weight is 1140 g/mol. The molecule has 8 aromatic rings. The quantitative estimate of drug-likeness (QED) is 0.0389.